The topological polar surface area (TPSA) is 50.2 Å². The molecule has 0 amide bonds. The van der Waals surface area contributed by atoms with Crippen LogP contribution in [0.15, 0.2) is 66.6 Å². The number of ketones is 1. The molecule has 0 aliphatic carbocycles. The summed E-state index contributed by atoms with van der Waals surface area (Å²) in [6.45, 7) is 9.94. The van der Waals surface area contributed by atoms with Gasteiger partial charge in [-0.2, -0.15) is 0 Å². The minimum atomic E-state index is -1.31. The third-order valence-corrected chi connectivity index (χ3v) is 6.05. The van der Waals surface area contributed by atoms with Gasteiger partial charge in [0, 0.05) is 32.4 Å². The van der Waals surface area contributed by atoms with Gasteiger partial charge in [-0.15, -0.1) is 35.0 Å². The summed E-state index contributed by atoms with van der Waals surface area (Å²) in [7, 11) is -1.31. The Labute approximate surface area is 181 Å². The Bertz CT molecular complexity index is 968. The van der Waals surface area contributed by atoms with Crippen LogP contribution in [0.2, 0.25) is 19.6 Å². The molecule has 0 unspecified atom stereocenters. The fraction of sp³-hybridized carbons (Fsp3) is 0.217. The van der Waals surface area contributed by atoms with Crippen molar-refractivity contribution in [1.82, 2.24) is 4.98 Å². The van der Waals surface area contributed by atoms with Crippen LogP contribution in [0.3, 0.4) is 0 Å². The first-order chi connectivity index (χ1) is 12.7. The number of carbonyl (C=O) groups is 1. The van der Waals surface area contributed by atoms with E-state index in [-0.39, 0.29) is 31.6 Å². The van der Waals surface area contributed by atoms with E-state index in [1.165, 1.54) is 35.9 Å². The molecule has 1 radical (unpaired) electrons. The summed E-state index contributed by atoms with van der Waals surface area (Å²) in [6.07, 6.45) is 3.05. The zero-order valence-corrected chi connectivity index (χ0v) is 20.3. The Morgan fingerprint density at radius 3 is 2.36 bits per heavy atom. The van der Waals surface area contributed by atoms with Crippen molar-refractivity contribution in [1.29, 1.82) is 0 Å². The Hall–Kier alpha value is -2.07. The Morgan fingerprint density at radius 1 is 1.11 bits per heavy atom. The second-order valence-electron chi connectivity index (χ2n) is 7.52. The quantitative estimate of drug-likeness (QED) is 0.202. The molecule has 2 aromatic carbocycles. The van der Waals surface area contributed by atoms with E-state index in [1.54, 1.807) is 0 Å². The molecule has 1 heterocycles. The van der Waals surface area contributed by atoms with E-state index in [9.17, 15) is 4.79 Å². The smallest absolute Gasteiger partial charge is 0.155 e. The molecule has 0 saturated carbocycles. The van der Waals surface area contributed by atoms with Gasteiger partial charge in [0.05, 0.1) is 13.8 Å². The number of carbonyl (C=O) groups excluding carboxylic acids is 1. The number of aliphatic hydroxyl groups is 1. The van der Waals surface area contributed by atoms with E-state index in [0.717, 1.165) is 11.3 Å². The summed E-state index contributed by atoms with van der Waals surface area (Å²) < 4.78 is 0. The number of allylic oxidation sites excluding steroid dienone is 2. The number of aliphatic hydroxyl groups excluding tert-OH is 1. The first-order valence-corrected chi connectivity index (χ1v) is 12.4. The third kappa shape index (κ3) is 6.82. The summed E-state index contributed by atoms with van der Waals surface area (Å²) in [5.74, 6) is -0.0625. The van der Waals surface area contributed by atoms with Crippen LogP contribution in [0, 0.1) is 6.07 Å². The van der Waals surface area contributed by atoms with Crippen LogP contribution in [0.1, 0.15) is 13.8 Å². The zero-order chi connectivity index (χ0) is 20.0. The van der Waals surface area contributed by atoms with Gasteiger partial charge in [-0.25, -0.2) is 0 Å². The van der Waals surface area contributed by atoms with Gasteiger partial charge in [-0.3, -0.25) is 4.79 Å². The van der Waals surface area contributed by atoms with E-state index in [4.69, 9.17) is 5.11 Å². The maximum Gasteiger partial charge on any atom is 0.155 e. The summed E-state index contributed by atoms with van der Waals surface area (Å²) in [5.41, 5.74) is 2.13. The van der Waals surface area contributed by atoms with Crippen molar-refractivity contribution < 1.29 is 30.0 Å². The molecule has 3 aromatic rings. The molecule has 149 valence electrons. The maximum absolute atomic E-state index is 10.0. The number of rotatable bonds is 3. The van der Waals surface area contributed by atoms with E-state index >= 15 is 0 Å². The molecule has 5 heteroatoms. The van der Waals surface area contributed by atoms with Gasteiger partial charge in [0.1, 0.15) is 0 Å². The Morgan fingerprint density at radius 2 is 1.79 bits per heavy atom. The van der Waals surface area contributed by atoms with Crippen LogP contribution in [0.25, 0.3) is 22.0 Å². The van der Waals surface area contributed by atoms with Gasteiger partial charge in [0.25, 0.3) is 0 Å². The van der Waals surface area contributed by atoms with Crippen molar-refractivity contribution >= 4 is 29.8 Å². The second-order valence-corrected chi connectivity index (χ2v) is 12.6. The number of nitrogens with zero attached hydrogens (tertiary/aromatic N) is 1. The molecule has 3 nitrogen and oxygen atoms in total. The van der Waals surface area contributed by atoms with E-state index in [2.05, 4.69) is 73.2 Å². The summed E-state index contributed by atoms with van der Waals surface area (Å²) in [4.78, 5) is 14.6. The monoisotopic (exact) mass is 569 g/mol. The van der Waals surface area contributed by atoms with Crippen molar-refractivity contribution in [3.8, 4) is 11.3 Å². The van der Waals surface area contributed by atoms with E-state index in [0.29, 0.717) is 0 Å². The number of aromatic nitrogens is 1. The standard InChI is InChI=1S/C18H18NSi.C5H8O2.Ir/c1-20(2,3)16-9-6-8-15(13-16)18-17-10-5-4-7-14(17)11-12-19-18;1-4(6)3-5(2)7;/h4-7,9-13H,1-3H3;3,6H,1-2H3;/q-1;;. The second kappa shape index (κ2) is 10.5. The van der Waals surface area contributed by atoms with Crippen LogP contribution in [-0.2, 0) is 24.9 Å². The molecular formula is C23H26IrNO2Si-. The van der Waals surface area contributed by atoms with Crippen molar-refractivity contribution in [2.24, 2.45) is 0 Å². The molecule has 1 aromatic heterocycles. The average molecular weight is 569 g/mol. The van der Waals surface area contributed by atoms with Gasteiger partial charge in [0.15, 0.2) is 5.78 Å². The van der Waals surface area contributed by atoms with Crippen molar-refractivity contribution in [3.05, 3.63) is 72.6 Å². The normalized spacial score (nSPS) is 11.2. The van der Waals surface area contributed by atoms with E-state index < -0.39 is 8.07 Å². The average Bonchev–Trinajstić information content (AvgIpc) is 2.60. The molecule has 0 saturated heterocycles. The molecule has 0 aliphatic heterocycles. The third-order valence-electron chi connectivity index (χ3n) is 4.01. The molecule has 0 aliphatic rings. The summed E-state index contributed by atoms with van der Waals surface area (Å²) >= 11 is 0. The van der Waals surface area contributed by atoms with Gasteiger partial charge < -0.3 is 10.1 Å². The first kappa shape index (κ1) is 24.0. The first-order valence-electron chi connectivity index (χ1n) is 8.92. The Kier molecular flexibility index (Phi) is 8.96. The van der Waals surface area contributed by atoms with Crippen molar-refractivity contribution in [2.75, 3.05) is 0 Å². The number of hydrogen-bond donors (Lipinski definition) is 1. The molecule has 3 rings (SSSR count). The minimum Gasteiger partial charge on any atom is -0.512 e. The minimum absolute atomic E-state index is 0. The molecule has 0 spiro atoms. The molecule has 0 fully saturated rings. The number of hydrogen-bond acceptors (Lipinski definition) is 3. The maximum atomic E-state index is 10.0. The van der Waals surface area contributed by atoms with Gasteiger partial charge >= 0.3 is 0 Å². The number of benzene rings is 2. The predicted molar refractivity (Wildman–Crippen MR) is 116 cm³/mol. The van der Waals surface area contributed by atoms with Crippen LogP contribution in [0.5, 0.6) is 0 Å². The number of fused-ring (bicyclic) bond motifs is 1. The van der Waals surface area contributed by atoms with Crippen LogP contribution in [0.4, 0.5) is 0 Å². The predicted octanol–water partition coefficient (Wildman–Crippen LogP) is 5.28. The van der Waals surface area contributed by atoms with Crippen LogP contribution < -0.4 is 5.19 Å². The molecular weight excluding hydrogens is 543 g/mol. The molecule has 0 bridgehead atoms. The molecule has 1 N–H and O–H groups in total. The van der Waals surface area contributed by atoms with Gasteiger partial charge in [0.2, 0.25) is 0 Å². The Balaban J connectivity index is 0.000000425. The van der Waals surface area contributed by atoms with Crippen LogP contribution >= 0.6 is 0 Å². The van der Waals surface area contributed by atoms with Crippen molar-refractivity contribution in [3.63, 3.8) is 0 Å². The molecule has 28 heavy (non-hydrogen) atoms. The van der Waals surface area contributed by atoms with Crippen molar-refractivity contribution in [2.45, 2.75) is 33.5 Å². The number of pyridine rings is 1. The molecule has 0 atom stereocenters. The summed E-state index contributed by atoms with van der Waals surface area (Å²) in [6, 6.07) is 20.3. The van der Waals surface area contributed by atoms with Crippen LogP contribution in [-0.4, -0.2) is 23.9 Å². The fourth-order valence-corrected chi connectivity index (χ4v) is 3.86. The van der Waals surface area contributed by atoms with Gasteiger partial charge in [-0.05, 0) is 36.4 Å². The van der Waals surface area contributed by atoms with Gasteiger partial charge in [-0.1, -0.05) is 43.9 Å². The fourth-order valence-electron chi connectivity index (χ4n) is 2.70. The SMILES string of the molecule is CC(=O)C=C(C)O.C[Si](C)(C)c1cc[c-]c(-c2nccc3ccccc23)c1.[Ir]. The summed E-state index contributed by atoms with van der Waals surface area (Å²) in [5, 5.41) is 12.2. The largest absolute Gasteiger partial charge is 0.512 e. The zero-order valence-electron chi connectivity index (χ0n) is 16.9. The van der Waals surface area contributed by atoms with E-state index in [1.807, 2.05) is 12.3 Å².